The first-order valence-electron chi connectivity index (χ1n) is 8.32. The molecule has 118 valence electrons. The lowest BCUT2D eigenvalue weighted by atomic mass is 10.1. The number of aromatic nitrogens is 3. The molecule has 4 heteroatoms. The maximum Gasteiger partial charge on any atom is 0.164 e. The molecule has 1 aliphatic rings. The first-order chi connectivity index (χ1) is 11.2. The van der Waals surface area contributed by atoms with Crippen LogP contribution >= 0.6 is 0 Å². The van der Waals surface area contributed by atoms with Crippen LogP contribution in [-0.2, 0) is 6.42 Å². The van der Waals surface area contributed by atoms with E-state index in [0.29, 0.717) is 6.04 Å². The highest BCUT2D eigenvalue weighted by atomic mass is 15.2. The molecule has 3 aromatic rings. The summed E-state index contributed by atoms with van der Waals surface area (Å²) in [6.07, 6.45) is 5.35. The second kappa shape index (κ2) is 5.78. The van der Waals surface area contributed by atoms with E-state index in [1.165, 1.54) is 24.9 Å². The first kappa shape index (κ1) is 14.4. The molecule has 1 unspecified atom stereocenters. The summed E-state index contributed by atoms with van der Waals surface area (Å²) in [7, 11) is 2.22. The number of rotatable bonds is 3. The minimum absolute atomic E-state index is 0.579. The van der Waals surface area contributed by atoms with Gasteiger partial charge in [0.2, 0.25) is 0 Å². The molecular formula is C19H22N4. The third-order valence-corrected chi connectivity index (χ3v) is 4.84. The van der Waals surface area contributed by atoms with Gasteiger partial charge in [0.15, 0.2) is 5.65 Å². The fourth-order valence-corrected chi connectivity index (χ4v) is 3.58. The van der Waals surface area contributed by atoms with Gasteiger partial charge in [0.25, 0.3) is 0 Å². The standard InChI is InChI=1S/C19H22N4/c1-14-6-3-7-16(12-14)23-18(13-15-8-5-11-22(15)2)21-17-9-4-10-20-19(17)23/h3-4,6-7,9-10,12,15H,5,8,11,13H2,1-2H3. The number of pyridine rings is 1. The Morgan fingerprint density at radius 2 is 2.13 bits per heavy atom. The molecule has 0 aliphatic carbocycles. The lowest BCUT2D eigenvalue weighted by molar-refractivity contribution is 0.305. The molecular weight excluding hydrogens is 284 g/mol. The minimum atomic E-state index is 0.579. The van der Waals surface area contributed by atoms with E-state index in [1.54, 1.807) is 0 Å². The molecule has 0 N–H and O–H groups in total. The Labute approximate surface area is 136 Å². The predicted octanol–water partition coefficient (Wildman–Crippen LogP) is 3.37. The van der Waals surface area contributed by atoms with Crippen LogP contribution in [0.2, 0.25) is 0 Å². The molecule has 3 heterocycles. The highest BCUT2D eigenvalue weighted by Crippen LogP contribution is 2.25. The van der Waals surface area contributed by atoms with Crippen molar-refractivity contribution in [1.29, 1.82) is 0 Å². The molecule has 1 atom stereocenters. The van der Waals surface area contributed by atoms with Gasteiger partial charge in [-0.15, -0.1) is 0 Å². The van der Waals surface area contributed by atoms with Crippen molar-refractivity contribution in [3.05, 3.63) is 54.0 Å². The summed E-state index contributed by atoms with van der Waals surface area (Å²) in [6.45, 7) is 3.31. The number of hydrogen-bond donors (Lipinski definition) is 0. The van der Waals surface area contributed by atoms with Gasteiger partial charge in [-0.1, -0.05) is 12.1 Å². The number of benzene rings is 1. The van der Waals surface area contributed by atoms with E-state index in [9.17, 15) is 0 Å². The lowest BCUT2D eigenvalue weighted by Crippen LogP contribution is -2.28. The SMILES string of the molecule is Cc1cccc(-n2c(CC3CCCN3C)nc3cccnc32)c1. The maximum absolute atomic E-state index is 4.89. The number of fused-ring (bicyclic) bond motifs is 1. The quantitative estimate of drug-likeness (QED) is 0.744. The Kier molecular flexibility index (Phi) is 3.62. The van der Waals surface area contributed by atoms with Gasteiger partial charge < -0.3 is 4.90 Å². The van der Waals surface area contributed by atoms with Crippen molar-refractivity contribution in [3.63, 3.8) is 0 Å². The summed E-state index contributed by atoms with van der Waals surface area (Å²) >= 11 is 0. The molecule has 0 amide bonds. The van der Waals surface area contributed by atoms with Crippen molar-refractivity contribution in [2.24, 2.45) is 0 Å². The van der Waals surface area contributed by atoms with E-state index in [1.807, 2.05) is 12.3 Å². The summed E-state index contributed by atoms with van der Waals surface area (Å²) in [5.74, 6) is 1.11. The molecule has 4 rings (SSSR count). The summed E-state index contributed by atoms with van der Waals surface area (Å²) in [5, 5.41) is 0. The van der Waals surface area contributed by atoms with E-state index in [0.717, 1.165) is 29.1 Å². The molecule has 1 saturated heterocycles. The van der Waals surface area contributed by atoms with Gasteiger partial charge in [-0.2, -0.15) is 0 Å². The van der Waals surface area contributed by atoms with E-state index < -0.39 is 0 Å². The Morgan fingerprint density at radius 3 is 2.91 bits per heavy atom. The van der Waals surface area contributed by atoms with Crippen LogP contribution in [0.25, 0.3) is 16.9 Å². The summed E-state index contributed by atoms with van der Waals surface area (Å²) in [5.41, 5.74) is 4.34. The van der Waals surface area contributed by atoms with Gasteiger partial charge >= 0.3 is 0 Å². The summed E-state index contributed by atoms with van der Waals surface area (Å²) in [6, 6.07) is 13.2. The van der Waals surface area contributed by atoms with Crippen LogP contribution in [0.5, 0.6) is 0 Å². The number of likely N-dealkylation sites (tertiary alicyclic amines) is 1. The van der Waals surface area contributed by atoms with Crippen LogP contribution in [0.15, 0.2) is 42.6 Å². The van der Waals surface area contributed by atoms with Crippen LogP contribution in [0.4, 0.5) is 0 Å². The molecule has 0 radical (unpaired) electrons. The molecule has 2 aromatic heterocycles. The molecule has 0 spiro atoms. The average Bonchev–Trinajstić information content (AvgIpc) is 3.11. The Hall–Kier alpha value is -2.20. The fraction of sp³-hybridized carbons (Fsp3) is 0.368. The first-order valence-corrected chi connectivity index (χ1v) is 8.32. The van der Waals surface area contributed by atoms with Crippen molar-refractivity contribution in [3.8, 4) is 5.69 Å². The van der Waals surface area contributed by atoms with Gasteiger partial charge in [0.05, 0.1) is 0 Å². The molecule has 0 saturated carbocycles. The third kappa shape index (κ3) is 2.63. The maximum atomic E-state index is 4.89. The number of likely N-dealkylation sites (N-methyl/N-ethyl adjacent to an activating group) is 1. The van der Waals surface area contributed by atoms with Gasteiger partial charge in [-0.3, -0.25) is 4.57 Å². The number of nitrogens with zero attached hydrogens (tertiary/aromatic N) is 4. The largest absolute Gasteiger partial charge is 0.303 e. The van der Waals surface area contributed by atoms with Gasteiger partial charge in [-0.25, -0.2) is 9.97 Å². The average molecular weight is 306 g/mol. The highest BCUT2D eigenvalue weighted by molar-refractivity contribution is 5.73. The molecule has 1 aliphatic heterocycles. The molecule has 23 heavy (non-hydrogen) atoms. The van der Waals surface area contributed by atoms with E-state index >= 15 is 0 Å². The zero-order chi connectivity index (χ0) is 15.8. The Balaban J connectivity index is 1.84. The molecule has 4 nitrogen and oxygen atoms in total. The summed E-state index contributed by atoms with van der Waals surface area (Å²) in [4.78, 5) is 11.9. The smallest absolute Gasteiger partial charge is 0.164 e. The number of imidazole rings is 1. The summed E-state index contributed by atoms with van der Waals surface area (Å²) < 4.78 is 2.23. The second-order valence-electron chi connectivity index (χ2n) is 6.53. The zero-order valence-corrected chi connectivity index (χ0v) is 13.7. The highest BCUT2D eigenvalue weighted by Gasteiger charge is 2.24. The second-order valence-corrected chi connectivity index (χ2v) is 6.53. The number of aryl methyl sites for hydroxylation is 1. The van der Waals surface area contributed by atoms with Crippen molar-refractivity contribution < 1.29 is 0 Å². The van der Waals surface area contributed by atoms with Gasteiger partial charge in [0, 0.05) is 24.3 Å². The van der Waals surface area contributed by atoms with Gasteiger partial charge in [-0.05, 0) is 63.2 Å². The van der Waals surface area contributed by atoms with Gasteiger partial charge in [0.1, 0.15) is 11.3 Å². The Bertz CT molecular complexity index is 836. The normalized spacial score (nSPS) is 18.8. The van der Waals surface area contributed by atoms with Crippen LogP contribution in [0.3, 0.4) is 0 Å². The minimum Gasteiger partial charge on any atom is -0.303 e. The molecule has 0 bridgehead atoms. The molecule has 1 aromatic carbocycles. The monoisotopic (exact) mass is 306 g/mol. The van der Waals surface area contributed by atoms with Crippen LogP contribution in [0, 0.1) is 6.92 Å². The van der Waals surface area contributed by atoms with Crippen molar-refractivity contribution >= 4 is 11.2 Å². The van der Waals surface area contributed by atoms with E-state index in [4.69, 9.17) is 4.98 Å². The lowest BCUT2D eigenvalue weighted by Gasteiger charge is -2.19. The van der Waals surface area contributed by atoms with Crippen LogP contribution in [-0.4, -0.2) is 39.1 Å². The Morgan fingerprint density at radius 1 is 1.22 bits per heavy atom. The number of hydrogen-bond acceptors (Lipinski definition) is 3. The van der Waals surface area contributed by atoms with Crippen molar-refractivity contribution in [1.82, 2.24) is 19.4 Å². The topological polar surface area (TPSA) is 34.0 Å². The zero-order valence-electron chi connectivity index (χ0n) is 13.7. The van der Waals surface area contributed by atoms with E-state index in [2.05, 4.69) is 58.8 Å². The van der Waals surface area contributed by atoms with E-state index in [-0.39, 0.29) is 0 Å². The van der Waals surface area contributed by atoms with Crippen LogP contribution < -0.4 is 0 Å². The molecule has 1 fully saturated rings. The third-order valence-electron chi connectivity index (χ3n) is 4.84. The van der Waals surface area contributed by atoms with Crippen molar-refractivity contribution in [2.45, 2.75) is 32.2 Å². The van der Waals surface area contributed by atoms with Crippen LogP contribution in [0.1, 0.15) is 24.2 Å². The fourth-order valence-electron chi connectivity index (χ4n) is 3.58. The van der Waals surface area contributed by atoms with Crippen molar-refractivity contribution in [2.75, 3.05) is 13.6 Å². The predicted molar refractivity (Wildman–Crippen MR) is 93.0 cm³/mol.